The molecule has 1 aromatic rings. The van der Waals surface area contributed by atoms with E-state index in [0.717, 1.165) is 18.9 Å². The van der Waals surface area contributed by atoms with Crippen LogP contribution in [-0.4, -0.2) is 23.8 Å². The van der Waals surface area contributed by atoms with E-state index in [2.05, 4.69) is 15.5 Å². The van der Waals surface area contributed by atoms with Crippen LogP contribution >= 0.6 is 11.3 Å². The van der Waals surface area contributed by atoms with E-state index < -0.39 is 0 Å². The van der Waals surface area contributed by atoms with Gasteiger partial charge in [-0.05, 0) is 19.9 Å². The van der Waals surface area contributed by atoms with Gasteiger partial charge in [0.1, 0.15) is 10.0 Å². The molecule has 0 radical (unpaired) electrons. The van der Waals surface area contributed by atoms with Crippen LogP contribution in [0, 0.1) is 0 Å². The van der Waals surface area contributed by atoms with Crippen LogP contribution in [-0.2, 0) is 6.42 Å². The fourth-order valence-electron chi connectivity index (χ4n) is 1.94. The van der Waals surface area contributed by atoms with Crippen molar-refractivity contribution in [3.8, 4) is 0 Å². The summed E-state index contributed by atoms with van der Waals surface area (Å²) >= 11 is 1.81. The molecule has 78 valence electrons. The lowest BCUT2D eigenvalue weighted by molar-refractivity contribution is 0.701. The summed E-state index contributed by atoms with van der Waals surface area (Å²) in [5, 5.41) is 14.1. The molecule has 0 aliphatic heterocycles. The zero-order valence-electron chi connectivity index (χ0n) is 8.62. The highest BCUT2D eigenvalue weighted by molar-refractivity contribution is 7.11. The largest absolute Gasteiger partial charge is 0.319 e. The van der Waals surface area contributed by atoms with E-state index in [0.29, 0.717) is 0 Å². The molecule has 0 bridgehead atoms. The van der Waals surface area contributed by atoms with Crippen molar-refractivity contribution in [1.29, 1.82) is 0 Å². The molecule has 4 heteroatoms. The maximum atomic E-state index is 4.29. The average Bonchev–Trinajstić information content (AvgIpc) is 2.85. The standard InChI is InChI=1S/C10H17N3S/c1-11-7-6-9-12-13-10(14-9)8-4-2-3-5-8/h8,11H,2-7H2,1H3. The predicted octanol–water partition coefficient (Wildman–Crippen LogP) is 1.96. The number of likely N-dealkylation sites (N-methyl/N-ethyl adjacent to an activating group) is 1. The second-order valence-corrected chi connectivity index (χ2v) is 4.96. The maximum absolute atomic E-state index is 4.29. The Hall–Kier alpha value is -0.480. The zero-order chi connectivity index (χ0) is 9.80. The number of hydrogen-bond donors (Lipinski definition) is 1. The van der Waals surface area contributed by atoms with E-state index in [-0.39, 0.29) is 0 Å². The number of aromatic nitrogens is 2. The molecule has 0 saturated heterocycles. The predicted molar refractivity (Wildman–Crippen MR) is 58.7 cm³/mol. The lowest BCUT2D eigenvalue weighted by Crippen LogP contribution is -2.09. The SMILES string of the molecule is CNCCc1nnc(C2CCCC2)s1. The van der Waals surface area contributed by atoms with Crippen LogP contribution in [0.1, 0.15) is 41.6 Å². The molecule has 1 N–H and O–H groups in total. The molecule has 0 spiro atoms. The van der Waals surface area contributed by atoms with Gasteiger partial charge in [0.05, 0.1) is 0 Å². The Morgan fingerprint density at radius 3 is 2.86 bits per heavy atom. The van der Waals surface area contributed by atoms with E-state index in [4.69, 9.17) is 0 Å². The average molecular weight is 211 g/mol. The second-order valence-electron chi connectivity index (χ2n) is 3.87. The maximum Gasteiger partial charge on any atom is 0.120 e. The summed E-state index contributed by atoms with van der Waals surface area (Å²) in [6.07, 6.45) is 6.40. The fraction of sp³-hybridized carbons (Fsp3) is 0.800. The van der Waals surface area contributed by atoms with Crippen molar-refractivity contribution in [3.05, 3.63) is 10.0 Å². The molecular weight excluding hydrogens is 194 g/mol. The summed E-state index contributed by atoms with van der Waals surface area (Å²) in [7, 11) is 1.97. The molecule has 1 aliphatic rings. The van der Waals surface area contributed by atoms with E-state index in [9.17, 15) is 0 Å². The van der Waals surface area contributed by atoms with Crippen LogP contribution in [0.4, 0.5) is 0 Å². The molecule has 3 nitrogen and oxygen atoms in total. The molecule has 2 rings (SSSR count). The number of nitrogens with one attached hydrogen (secondary N) is 1. The minimum absolute atomic E-state index is 0.718. The fourth-order valence-corrected chi connectivity index (χ4v) is 2.95. The normalized spacial score (nSPS) is 17.8. The summed E-state index contributed by atoms with van der Waals surface area (Å²) in [6.45, 7) is 0.999. The molecule has 1 aliphatic carbocycles. The topological polar surface area (TPSA) is 37.8 Å². The first-order valence-corrected chi connectivity index (χ1v) is 6.18. The van der Waals surface area contributed by atoms with Crippen molar-refractivity contribution in [2.75, 3.05) is 13.6 Å². The molecule has 0 atom stereocenters. The summed E-state index contributed by atoms with van der Waals surface area (Å²) in [5.41, 5.74) is 0. The Kier molecular flexibility index (Phi) is 3.48. The number of hydrogen-bond acceptors (Lipinski definition) is 4. The third-order valence-corrected chi connectivity index (χ3v) is 3.92. The summed E-state index contributed by atoms with van der Waals surface area (Å²) in [6, 6.07) is 0. The lowest BCUT2D eigenvalue weighted by Gasteiger charge is -2.00. The number of rotatable bonds is 4. The Bertz CT molecular complexity index is 279. The highest BCUT2D eigenvalue weighted by atomic mass is 32.1. The summed E-state index contributed by atoms with van der Waals surface area (Å²) in [5.74, 6) is 0.718. The Labute approximate surface area is 88.9 Å². The van der Waals surface area contributed by atoms with Crippen molar-refractivity contribution in [2.45, 2.75) is 38.0 Å². The molecule has 0 unspecified atom stereocenters. The van der Waals surface area contributed by atoms with Gasteiger partial charge in [0.2, 0.25) is 0 Å². The zero-order valence-corrected chi connectivity index (χ0v) is 9.44. The highest BCUT2D eigenvalue weighted by Crippen LogP contribution is 2.35. The van der Waals surface area contributed by atoms with Gasteiger partial charge in [-0.1, -0.05) is 12.8 Å². The lowest BCUT2D eigenvalue weighted by atomic mass is 10.1. The van der Waals surface area contributed by atoms with E-state index in [1.54, 1.807) is 0 Å². The molecule has 14 heavy (non-hydrogen) atoms. The molecule has 1 saturated carbocycles. The summed E-state index contributed by atoms with van der Waals surface area (Å²) < 4.78 is 0. The number of nitrogens with zero attached hydrogens (tertiary/aromatic N) is 2. The molecule has 0 amide bonds. The van der Waals surface area contributed by atoms with Crippen molar-refractivity contribution in [1.82, 2.24) is 15.5 Å². The van der Waals surface area contributed by atoms with Gasteiger partial charge < -0.3 is 5.32 Å². The quantitative estimate of drug-likeness (QED) is 0.827. The van der Waals surface area contributed by atoms with Gasteiger partial charge in [0.25, 0.3) is 0 Å². The monoisotopic (exact) mass is 211 g/mol. The Balaban J connectivity index is 1.94. The van der Waals surface area contributed by atoms with Crippen LogP contribution in [0.15, 0.2) is 0 Å². The first kappa shape index (κ1) is 10.1. The van der Waals surface area contributed by atoms with Crippen LogP contribution in [0.5, 0.6) is 0 Å². The van der Waals surface area contributed by atoms with Gasteiger partial charge in [-0.15, -0.1) is 21.5 Å². The molecule has 1 heterocycles. The Morgan fingerprint density at radius 1 is 1.36 bits per heavy atom. The second kappa shape index (κ2) is 4.84. The van der Waals surface area contributed by atoms with Crippen molar-refractivity contribution in [2.24, 2.45) is 0 Å². The molecular formula is C10H17N3S. The smallest absolute Gasteiger partial charge is 0.120 e. The van der Waals surface area contributed by atoms with Crippen LogP contribution in [0.3, 0.4) is 0 Å². The first-order chi connectivity index (χ1) is 6.90. The van der Waals surface area contributed by atoms with Crippen LogP contribution in [0.25, 0.3) is 0 Å². The van der Waals surface area contributed by atoms with E-state index in [1.165, 1.54) is 35.7 Å². The first-order valence-electron chi connectivity index (χ1n) is 5.37. The molecule has 1 fully saturated rings. The van der Waals surface area contributed by atoms with E-state index >= 15 is 0 Å². The van der Waals surface area contributed by atoms with Crippen molar-refractivity contribution in [3.63, 3.8) is 0 Å². The molecule has 1 aromatic heterocycles. The van der Waals surface area contributed by atoms with Gasteiger partial charge in [0, 0.05) is 18.9 Å². The third kappa shape index (κ3) is 2.30. The summed E-state index contributed by atoms with van der Waals surface area (Å²) in [4.78, 5) is 0. The van der Waals surface area contributed by atoms with Crippen LogP contribution in [0.2, 0.25) is 0 Å². The molecule has 0 aromatic carbocycles. The van der Waals surface area contributed by atoms with Gasteiger partial charge in [-0.25, -0.2) is 0 Å². The van der Waals surface area contributed by atoms with Crippen molar-refractivity contribution < 1.29 is 0 Å². The van der Waals surface area contributed by atoms with Gasteiger partial charge in [-0.2, -0.15) is 0 Å². The van der Waals surface area contributed by atoms with E-state index in [1.807, 2.05) is 18.4 Å². The third-order valence-electron chi connectivity index (χ3n) is 2.78. The minimum Gasteiger partial charge on any atom is -0.319 e. The van der Waals surface area contributed by atoms with Crippen molar-refractivity contribution >= 4 is 11.3 Å². The van der Waals surface area contributed by atoms with Gasteiger partial charge in [0.15, 0.2) is 0 Å². The Morgan fingerprint density at radius 2 is 2.14 bits per heavy atom. The minimum atomic E-state index is 0.718. The van der Waals surface area contributed by atoms with Crippen LogP contribution < -0.4 is 5.32 Å². The van der Waals surface area contributed by atoms with Gasteiger partial charge >= 0.3 is 0 Å². The highest BCUT2D eigenvalue weighted by Gasteiger charge is 2.20. The van der Waals surface area contributed by atoms with Gasteiger partial charge in [-0.3, -0.25) is 0 Å².